The smallest absolute Gasteiger partial charge is 0.254 e. The van der Waals surface area contributed by atoms with Gasteiger partial charge in [0.15, 0.2) is 6.29 Å². The predicted octanol–water partition coefficient (Wildman–Crippen LogP) is 3.23. The van der Waals surface area contributed by atoms with Crippen molar-refractivity contribution in [3.63, 3.8) is 0 Å². The van der Waals surface area contributed by atoms with E-state index in [2.05, 4.69) is 19.1 Å². The number of likely N-dealkylation sites (tertiary alicyclic amines) is 1. The first-order valence-electron chi connectivity index (χ1n) is 7.94. The number of amides is 1. The molecule has 122 valence electrons. The van der Waals surface area contributed by atoms with Crippen molar-refractivity contribution in [2.24, 2.45) is 0 Å². The number of benzene rings is 1. The van der Waals surface area contributed by atoms with Gasteiger partial charge in [0.1, 0.15) is 0 Å². The van der Waals surface area contributed by atoms with E-state index in [4.69, 9.17) is 9.47 Å². The molecule has 1 atom stereocenters. The Morgan fingerprint density at radius 2 is 1.73 bits per heavy atom. The van der Waals surface area contributed by atoms with Gasteiger partial charge in [-0.25, -0.2) is 0 Å². The maximum Gasteiger partial charge on any atom is 0.254 e. The Kier molecular flexibility index (Phi) is 5.59. The number of carbonyl (C=O) groups excluding carboxylic acids is 1. The largest absolute Gasteiger partial charge is 0.354 e. The van der Waals surface area contributed by atoms with E-state index in [1.807, 2.05) is 18.7 Å². The van der Waals surface area contributed by atoms with Gasteiger partial charge >= 0.3 is 0 Å². The minimum absolute atomic E-state index is 0.0173. The zero-order valence-electron chi connectivity index (χ0n) is 14.3. The number of nitrogens with zero attached hydrogens (tertiary/aromatic N) is 1. The van der Waals surface area contributed by atoms with Crippen LogP contribution < -0.4 is 0 Å². The van der Waals surface area contributed by atoms with Crippen LogP contribution in [0.2, 0.25) is 0 Å². The Labute approximate surface area is 133 Å². The molecule has 0 radical (unpaired) electrons. The molecular weight excluding hydrogens is 278 g/mol. The van der Waals surface area contributed by atoms with Crippen molar-refractivity contribution in [2.75, 3.05) is 20.8 Å². The van der Waals surface area contributed by atoms with Crippen LogP contribution in [0.25, 0.3) is 0 Å². The maximum atomic E-state index is 13.1. The first-order chi connectivity index (χ1) is 10.5. The summed E-state index contributed by atoms with van der Waals surface area (Å²) in [6.45, 7) is 6.84. The standard InChI is InChI=1S/C18H27NO3/c1-12-10-13(2)16(14(3)11-12)17(20)19-9-7-6-8-15(19)18(21-4)22-5/h10-11,15,18H,6-9H2,1-5H3/t15-/m0/s1. The van der Waals surface area contributed by atoms with Crippen molar-refractivity contribution >= 4 is 5.91 Å². The summed E-state index contributed by atoms with van der Waals surface area (Å²) in [5.74, 6) is 0.0961. The molecular formula is C18H27NO3. The lowest BCUT2D eigenvalue weighted by atomic mass is 9.95. The van der Waals surface area contributed by atoms with Crippen molar-refractivity contribution in [3.8, 4) is 0 Å². The fourth-order valence-electron chi connectivity index (χ4n) is 3.56. The maximum absolute atomic E-state index is 13.1. The predicted molar refractivity (Wildman–Crippen MR) is 87.1 cm³/mol. The Morgan fingerprint density at radius 3 is 2.27 bits per heavy atom. The van der Waals surface area contributed by atoms with Gasteiger partial charge in [-0.05, 0) is 51.2 Å². The molecule has 0 saturated carbocycles. The highest BCUT2D eigenvalue weighted by molar-refractivity contribution is 5.97. The van der Waals surface area contributed by atoms with Gasteiger partial charge in [0.25, 0.3) is 5.91 Å². The van der Waals surface area contributed by atoms with Crippen LogP contribution in [0.3, 0.4) is 0 Å². The summed E-state index contributed by atoms with van der Waals surface area (Å²) in [7, 11) is 3.27. The number of piperidine rings is 1. The molecule has 4 heteroatoms. The molecule has 0 N–H and O–H groups in total. The van der Waals surface area contributed by atoms with E-state index < -0.39 is 0 Å². The first-order valence-corrected chi connectivity index (χ1v) is 7.94. The monoisotopic (exact) mass is 305 g/mol. The first kappa shape index (κ1) is 17.0. The number of hydrogen-bond acceptors (Lipinski definition) is 3. The molecule has 1 saturated heterocycles. The second-order valence-corrected chi connectivity index (χ2v) is 6.18. The summed E-state index contributed by atoms with van der Waals surface area (Å²) in [6.07, 6.45) is 2.69. The van der Waals surface area contributed by atoms with Crippen LogP contribution >= 0.6 is 0 Å². The average molecular weight is 305 g/mol. The minimum Gasteiger partial charge on any atom is -0.354 e. The molecule has 0 aromatic heterocycles. The SMILES string of the molecule is COC(OC)[C@@H]1CCCCN1C(=O)c1c(C)cc(C)cc1C. The molecule has 1 aromatic carbocycles. The van der Waals surface area contributed by atoms with Crippen molar-refractivity contribution in [1.82, 2.24) is 4.90 Å². The summed E-state index contributed by atoms with van der Waals surface area (Å²) in [5.41, 5.74) is 4.09. The lowest BCUT2D eigenvalue weighted by molar-refractivity contribution is -0.146. The molecule has 22 heavy (non-hydrogen) atoms. The summed E-state index contributed by atoms with van der Waals surface area (Å²) in [4.78, 5) is 15.1. The zero-order valence-corrected chi connectivity index (χ0v) is 14.3. The normalized spacial score (nSPS) is 18.8. The summed E-state index contributed by atoms with van der Waals surface area (Å²) in [6, 6.07) is 4.13. The second kappa shape index (κ2) is 7.25. The van der Waals surface area contributed by atoms with Gasteiger partial charge in [0.2, 0.25) is 0 Å². The highest BCUT2D eigenvalue weighted by Gasteiger charge is 2.34. The highest BCUT2D eigenvalue weighted by Crippen LogP contribution is 2.26. The summed E-state index contributed by atoms with van der Waals surface area (Å²) >= 11 is 0. The molecule has 1 fully saturated rings. The van der Waals surface area contributed by atoms with Gasteiger partial charge in [0.05, 0.1) is 6.04 Å². The van der Waals surface area contributed by atoms with Crippen LogP contribution in [-0.4, -0.2) is 43.9 Å². The molecule has 0 aliphatic carbocycles. The fourth-order valence-corrected chi connectivity index (χ4v) is 3.56. The van der Waals surface area contributed by atoms with Gasteiger partial charge < -0.3 is 14.4 Å². The summed E-state index contributed by atoms with van der Waals surface area (Å²) in [5, 5.41) is 0. The number of rotatable bonds is 4. The molecule has 1 aromatic rings. The van der Waals surface area contributed by atoms with Gasteiger partial charge in [-0.1, -0.05) is 17.7 Å². The zero-order chi connectivity index (χ0) is 16.3. The number of aryl methyl sites for hydroxylation is 3. The fraction of sp³-hybridized carbons (Fsp3) is 0.611. The van der Waals surface area contributed by atoms with E-state index in [9.17, 15) is 4.79 Å². The van der Waals surface area contributed by atoms with E-state index in [0.717, 1.165) is 42.5 Å². The molecule has 1 aliphatic rings. The van der Waals surface area contributed by atoms with Crippen LogP contribution in [0.1, 0.15) is 46.3 Å². The van der Waals surface area contributed by atoms with Crippen LogP contribution in [0.15, 0.2) is 12.1 Å². The molecule has 1 aliphatic heterocycles. The van der Waals surface area contributed by atoms with Crippen LogP contribution in [0.5, 0.6) is 0 Å². The summed E-state index contributed by atoms with van der Waals surface area (Å²) < 4.78 is 10.8. The third-order valence-corrected chi connectivity index (χ3v) is 4.48. The lowest BCUT2D eigenvalue weighted by Crippen LogP contribution is -2.51. The molecule has 4 nitrogen and oxygen atoms in total. The second-order valence-electron chi connectivity index (χ2n) is 6.18. The average Bonchev–Trinajstić information content (AvgIpc) is 2.48. The molecule has 1 amide bonds. The Bertz CT molecular complexity index is 514. The Balaban J connectivity index is 2.34. The number of hydrogen-bond donors (Lipinski definition) is 0. The van der Waals surface area contributed by atoms with Gasteiger partial charge in [-0.2, -0.15) is 0 Å². The Hall–Kier alpha value is -1.39. The van der Waals surface area contributed by atoms with Gasteiger partial charge in [0, 0.05) is 26.3 Å². The number of ether oxygens (including phenoxy) is 2. The quantitative estimate of drug-likeness (QED) is 0.802. The van der Waals surface area contributed by atoms with Crippen LogP contribution in [0.4, 0.5) is 0 Å². The Morgan fingerprint density at radius 1 is 1.14 bits per heavy atom. The lowest BCUT2D eigenvalue weighted by Gasteiger charge is -2.39. The topological polar surface area (TPSA) is 38.8 Å². The molecule has 0 spiro atoms. The molecule has 2 rings (SSSR count). The third kappa shape index (κ3) is 3.33. The number of methoxy groups -OCH3 is 2. The molecule has 0 bridgehead atoms. The third-order valence-electron chi connectivity index (χ3n) is 4.48. The van der Waals surface area contributed by atoms with E-state index in [1.165, 1.54) is 5.56 Å². The van der Waals surface area contributed by atoms with E-state index in [0.29, 0.717) is 0 Å². The minimum atomic E-state index is -0.365. The molecule has 0 unspecified atom stereocenters. The van der Waals surface area contributed by atoms with Crippen molar-refractivity contribution in [2.45, 2.75) is 52.4 Å². The van der Waals surface area contributed by atoms with Crippen molar-refractivity contribution < 1.29 is 14.3 Å². The van der Waals surface area contributed by atoms with E-state index >= 15 is 0 Å². The molecule has 1 heterocycles. The van der Waals surface area contributed by atoms with Gasteiger partial charge in [-0.3, -0.25) is 4.79 Å². The van der Waals surface area contributed by atoms with E-state index in [-0.39, 0.29) is 18.2 Å². The van der Waals surface area contributed by atoms with Crippen molar-refractivity contribution in [1.29, 1.82) is 0 Å². The number of carbonyl (C=O) groups is 1. The van der Waals surface area contributed by atoms with Crippen LogP contribution in [-0.2, 0) is 9.47 Å². The van der Waals surface area contributed by atoms with Crippen LogP contribution in [0, 0.1) is 20.8 Å². The van der Waals surface area contributed by atoms with E-state index in [1.54, 1.807) is 14.2 Å². The highest BCUT2D eigenvalue weighted by atomic mass is 16.7. The van der Waals surface area contributed by atoms with Crippen molar-refractivity contribution in [3.05, 3.63) is 34.4 Å². The van der Waals surface area contributed by atoms with Gasteiger partial charge in [-0.15, -0.1) is 0 Å².